The zero-order chi connectivity index (χ0) is 15.0. The Morgan fingerprint density at radius 2 is 1.81 bits per heavy atom. The van der Waals surface area contributed by atoms with E-state index in [2.05, 4.69) is 32.2 Å². The van der Waals surface area contributed by atoms with Gasteiger partial charge in [-0.2, -0.15) is 0 Å². The van der Waals surface area contributed by atoms with Crippen molar-refractivity contribution in [1.82, 2.24) is 4.98 Å². The highest BCUT2D eigenvalue weighted by molar-refractivity contribution is 5.95. The molecule has 0 amide bonds. The van der Waals surface area contributed by atoms with Crippen molar-refractivity contribution in [3.05, 3.63) is 23.4 Å². The highest BCUT2D eigenvalue weighted by Gasteiger charge is 2.18. The van der Waals surface area contributed by atoms with Gasteiger partial charge in [0.15, 0.2) is 11.5 Å². The Morgan fingerprint density at radius 1 is 1.14 bits per heavy atom. The molecule has 1 N–H and O–H groups in total. The molecule has 0 atom stereocenters. The molecular formula is C17H22N2O2. The first-order valence-corrected chi connectivity index (χ1v) is 7.53. The largest absolute Gasteiger partial charge is 0.490 e. The fourth-order valence-corrected chi connectivity index (χ4v) is 3.03. The standard InChI is InChI=1S/C17H22N2O2/c1-10(2)16-11(3)19-13-9-15-14(20-6-5-7-21-15)8-12(13)17(16)18-4/h8-10H,5-7H2,1-4H3,(H,18,19). The molecule has 4 nitrogen and oxygen atoms in total. The number of fused-ring (bicyclic) bond motifs is 2. The lowest BCUT2D eigenvalue weighted by Gasteiger charge is -2.19. The van der Waals surface area contributed by atoms with Crippen LogP contribution in [0.1, 0.15) is 37.4 Å². The summed E-state index contributed by atoms with van der Waals surface area (Å²) in [6.07, 6.45) is 0.910. The maximum Gasteiger partial charge on any atom is 0.163 e. The van der Waals surface area contributed by atoms with Gasteiger partial charge in [-0.3, -0.25) is 4.98 Å². The summed E-state index contributed by atoms with van der Waals surface area (Å²) in [6, 6.07) is 4.05. The monoisotopic (exact) mass is 286 g/mol. The molecule has 0 radical (unpaired) electrons. The predicted octanol–water partition coefficient (Wildman–Crippen LogP) is 3.87. The van der Waals surface area contributed by atoms with Gasteiger partial charge < -0.3 is 14.8 Å². The van der Waals surface area contributed by atoms with Crippen LogP contribution in [0.3, 0.4) is 0 Å². The van der Waals surface area contributed by atoms with Crippen LogP contribution in [0.4, 0.5) is 5.69 Å². The number of ether oxygens (including phenoxy) is 2. The number of nitrogens with zero attached hydrogens (tertiary/aromatic N) is 1. The number of benzene rings is 1. The number of anilines is 1. The van der Waals surface area contributed by atoms with E-state index in [1.54, 1.807) is 0 Å². The van der Waals surface area contributed by atoms with Crippen LogP contribution in [-0.2, 0) is 0 Å². The Morgan fingerprint density at radius 3 is 2.43 bits per heavy atom. The van der Waals surface area contributed by atoms with Gasteiger partial charge in [-0.15, -0.1) is 0 Å². The Bertz CT molecular complexity index is 680. The third-order valence-electron chi connectivity index (χ3n) is 3.91. The highest BCUT2D eigenvalue weighted by Crippen LogP contribution is 2.39. The summed E-state index contributed by atoms with van der Waals surface area (Å²) >= 11 is 0. The minimum Gasteiger partial charge on any atom is -0.490 e. The van der Waals surface area contributed by atoms with Crippen molar-refractivity contribution in [2.45, 2.75) is 33.1 Å². The molecule has 0 aliphatic carbocycles. The number of aryl methyl sites for hydroxylation is 1. The van der Waals surface area contributed by atoms with Crippen LogP contribution in [0.15, 0.2) is 12.1 Å². The van der Waals surface area contributed by atoms with Gasteiger partial charge in [0.25, 0.3) is 0 Å². The summed E-state index contributed by atoms with van der Waals surface area (Å²) in [4.78, 5) is 4.77. The first kappa shape index (κ1) is 14.0. The zero-order valence-electron chi connectivity index (χ0n) is 13.1. The molecule has 0 spiro atoms. The van der Waals surface area contributed by atoms with Gasteiger partial charge in [-0.1, -0.05) is 13.8 Å². The normalized spacial score (nSPS) is 14.3. The van der Waals surface area contributed by atoms with E-state index in [9.17, 15) is 0 Å². The smallest absolute Gasteiger partial charge is 0.163 e. The Balaban J connectivity index is 2.29. The van der Waals surface area contributed by atoms with Crippen LogP contribution in [-0.4, -0.2) is 25.2 Å². The van der Waals surface area contributed by atoms with Crippen LogP contribution < -0.4 is 14.8 Å². The zero-order valence-corrected chi connectivity index (χ0v) is 13.1. The average molecular weight is 286 g/mol. The summed E-state index contributed by atoms with van der Waals surface area (Å²) in [7, 11) is 1.96. The highest BCUT2D eigenvalue weighted by atomic mass is 16.5. The molecule has 0 bridgehead atoms. The molecule has 112 valence electrons. The van der Waals surface area contributed by atoms with E-state index in [4.69, 9.17) is 14.5 Å². The van der Waals surface area contributed by atoms with E-state index in [1.807, 2.05) is 13.1 Å². The Labute approximate surface area is 125 Å². The molecule has 21 heavy (non-hydrogen) atoms. The number of pyridine rings is 1. The summed E-state index contributed by atoms with van der Waals surface area (Å²) in [5.74, 6) is 2.03. The molecule has 1 aliphatic heterocycles. The second-order valence-electron chi connectivity index (χ2n) is 5.76. The van der Waals surface area contributed by atoms with Gasteiger partial charge in [0.1, 0.15) is 0 Å². The van der Waals surface area contributed by atoms with Crippen molar-refractivity contribution >= 4 is 16.6 Å². The van der Waals surface area contributed by atoms with Crippen LogP contribution in [0.5, 0.6) is 11.5 Å². The molecule has 2 heterocycles. The fraction of sp³-hybridized carbons (Fsp3) is 0.471. The van der Waals surface area contributed by atoms with E-state index < -0.39 is 0 Å². The predicted molar refractivity (Wildman–Crippen MR) is 85.7 cm³/mol. The van der Waals surface area contributed by atoms with Gasteiger partial charge in [-0.05, 0) is 24.5 Å². The quantitative estimate of drug-likeness (QED) is 0.910. The van der Waals surface area contributed by atoms with Crippen LogP contribution in [0, 0.1) is 6.92 Å². The lowest BCUT2D eigenvalue weighted by atomic mass is 9.96. The maximum absolute atomic E-state index is 5.81. The number of hydrogen-bond acceptors (Lipinski definition) is 4. The molecule has 1 aromatic heterocycles. The summed E-state index contributed by atoms with van der Waals surface area (Å²) in [6.45, 7) is 7.85. The van der Waals surface area contributed by atoms with E-state index in [0.717, 1.165) is 40.2 Å². The van der Waals surface area contributed by atoms with Crippen molar-refractivity contribution in [1.29, 1.82) is 0 Å². The first-order chi connectivity index (χ1) is 10.1. The summed E-state index contributed by atoms with van der Waals surface area (Å²) in [5.41, 5.74) is 4.42. The molecule has 0 unspecified atom stereocenters. The topological polar surface area (TPSA) is 43.4 Å². The SMILES string of the molecule is CNc1c(C(C)C)c(C)nc2cc3c(cc12)OCCCO3. The number of nitrogens with one attached hydrogen (secondary N) is 1. The average Bonchev–Trinajstić information content (AvgIpc) is 2.68. The van der Waals surface area contributed by atoms with Crippen LogP contribution in [0.25, 0.3) is 10.9 Å². The van der Waals surface area contributed by atoms with Crippen molar-refractivity contribution in [2.24, 2.45) is 0 Å². The molecule has 0 saturated carbocycles. The lowest BCUT2D eigenvalue weighted by molar-refractivity contribution is 0.297. The second kappa shape index (κ2) is 5.43. The van der Waals surface area contributed by atoms with E-state index in [0.29, 0.717) is 19.1 Å². The molecule has 3 rings (SSSR count). The van der Waals surface area contributed by atoms with Crippen LogP contribution >= 0.6 is 0 Å². The van der Waals surface area contributed by atoms with Gasteiger partial charge >= 0.3 is 0 Å². The van der Waals surface area contributed by atoms with E-state index in [-0.39, 0.29) is 0 Å². The van der Waals surface area contributed by atoms with E-state index >= 15 is 0 Å². The molecular weight excluding hydrogens is 264 g/mol. The van der Waals surface area contributed by atoms with Gasteiger partial charge in [0.05, 0.1) is 18.7 Å². The lowest BCUT2D eigenvalue weighted by Crippen LogP contribution is -2.04. The molecule has 1 aliphatic rings. The first-order valence-electron chi connectivity index (χ1n) is 7.53. The summed E-state index contributed by atoms with van der Waals surface area (Å²) in [5, 5.41) is 4.44. The minimum atomic E-state index is 0.417. The molecule has 2 aromatic rings. The number of rotatable bonds is 2. The summed E-state index contributed by atoms with van der Waals surface area (Å²) < 4.78 is 11.6. The van der Waals surface area contributed by atoms with Gasteiger partial charge in [0.2, 0.25) is 0 Å². The molecule has 1 aromatic carbocycles. The van der Waals surface area contributed by atoms with Crippen molar-refractivity contribution < 1.29 is 9.47 Å². The molecule has 4 heteroatoms. The second-order valence-corrected chi connectivity index (χ2v) is 5.76. The number of hydrogen-bond donors (Lipinski definition) is 1. The van der Waals surface area contributed by atoms with E-state index in [1.165, 1.54) is 5.56 Å². The Kier molecular flexibility index (Phi) is 3.62. The van der Waals surface area contributed by atoms with Crippen molar-refractivity contribution in [3.63, 3.8) is 0 Å². The van der Waals surface area contributed by atoms with Crippen molar-refractivity contribution in [3.8, 4) is 11.5 Å². The van der Waals surface area contributed by atoms with Crippen molar-refractivity contribution in [2.75, 3.05) is 25.6 Å². The molecule has 0 fully saturated rings. The maximum atomic E-state index is 5.81. The third kappa shape index (κ3) is 2.39. The fourth-order valence-electron chi connectivity index (χ4n) is 3.03. The third-order valence-corrected chi connectivity index (χ3v) is 3.91. The Hall–Kier alpha value is -1.97. The minimum absolute atomic E-state index is 0.417. The molecule has 0 saturated heterocycles. The number of aromatic nitrogens is 1. The van der Waals surface area contributed by atoms with Crippen LogP contribution in [0.2, 0.25) is 0 Å². The van der Waals surface area contributed by atoms with Gasteiger partial charge in [0, 0.05) is 36.3 Å². The van der Waals surface area contributed by atoms with Gasteiger partial charge in [-0.25, -0.2) is 0 Å².